The molecule has 2 amide bonds. The Balaban J connectivity index is 1.13. The number of nitrogens with one attached hydrogen (secondary N) is 1. The van der Waals surface area contributed by atoms with E-state index in [2.05, 4.69) is 46.0 Å². The molecular formula is C34H53N7O5. The molecule has 1 N–H and O–H groups in total. The Morgan fingerprint density at radius 2 is 1.87 bits per heavy atom. The summed E-state index contributed by atoms with van der Waals surface area (Å²) in [6.45, 7) is 18.4. The molecule has 254 valence electrons. The molecule has 5 rings (SSSR count). The molecule has 3 atom stereocenters. The fraction of sp³-hybridized carbons (Fsp3) is 0.735. The Hall–Kier alpha value is -3.57. The van der Waals surface area contributed by atoms with E-state index in [1.807, 2.05) is 38.7 Å². The number of carbonyl (C=O) groups is 2. The lowest BCUT2D eigenvalue weighted by Crippen LogP contribution is -2.54. The van der Waals surface area contributed by atoms with Crippen molar-refractivity contribution in [2.75, 3.05) is 49.1 Å². The molecule has 0 radical (unpaired) electrons. The Kier molecular flexibility index (Phi) is 10.6. The number of pyridine rings is 1. The van der Waals surface area contributed by atoms with Crippen molar-refractivity contribution in [3.63, 3.8) is 0 Å². The van der Waals surface area contributed by atoms with Crippen LogP contribution in [0.4, 0.5) is 16.6 Å². The normalized spacial score (nSPS) is 22.0. The summed E-state index contributed by atoms with van der Waals surface area (Å²) in [7, 11) is 0. The van der Waals surface area contributed by atoms with Crippen LogP contribution in [0.2, 0.25) is 0 Å². The minimum absolute atomic E-state index is 0.143. The first-order valence-electron chi connectivity index (χ1n) is 17.1. The Morgan fingerprint density at radius 3 is 2.52 bits per heavy atom. The van der Waals surface area contributed by atoms with Crippen molar-refractivity contribution in [1.29, 1.82) is 0 Å². The number of ether oxygens (including phenoxy) is 2. The predicted octanol–water partition coefficient (Wildman–Crippen LogP) is 5.31. The van der Waals surface area contributed by atoms with Crippen LogP contribution in [-0.4, -0.2) is 89.0 Å². The third kappa shape index (κ3) is 8.41. The second kappa shape index (κ2) is 14.5. The number of alkyl carbamates (subject to hydrolysis) is 1. The maximum absolute atomic E-state index is 12.9. The van der Waals surface area contributed by atoms with Crippen molar-refractivity contribution >= 4 is 23.8 Å². The maximum Gasteiger partial charge on any atom is 0.408 e. The zero-order chi connectivity index (χ0) is 33.0. The van der Waals surface area contributed by atoms with Gasteiger partial charge in [-0.1, -0.05) is 25.9 Å². The van der Waals surface area contributed by atoms with Crippen LogP contribution in [0.3, 0.4) is 0 Å². The van der Waals surface area contributed by atoms with Crippen LogP contribution in [0.25, 0.3) is 0 Å². The highest BCUT2D eigenvalue weighted by Gasteiger charge is 2.41. The monoisotopic (exact) mass is 639 g/mol. The molecule has 0 saturated carbocycles. The Labute approximate surface area is 273 Å². The van der Waals surface area contributed by atoms with Crippen molar-refractivity contribution in [3.8, 4) is 5.75 Å². The molecule has 3 aliphatic rings. The summed E-state index contributed by atoms with van der Waals surface area (Å²) in [5.74, 6) is 3.94. The van der Waals surface area contributed by atoms with E-state index in [0.29, 0.717) is 50.5 Å². The van der Waals surface area contributed by atoms with Gasteiger partial charge in [0.15, 0.2) is 5.82 Å². The molecule has 0 aliphatic carbocycles. The first-order chi connectivity index (χ1) is 21.9. The van der Waals surface area contributed by atoms with E-state index in [4.69, 9.17) is 19.0 Å². The maximum atomic E-state index is 12.9. The summed E-state index contributed by atoms with van der Waals surface area (Å²) in [5, 5.41) is 7.16. The highest BCUT2D eigenvalue weighted by molar-refractivity contribution is 5.78. The van der Waals surface area contributed by atoms with Gasteiger partial charge in [-0.05, 0) is 83.3 Å². The number of amides is 2. The zero-order valence-electron chi connectivity index (χ0n) is 28.8. The number of hydrogen-bond acceptors (Lipinski definition) is 10. The van der Waals surface area contributed by atoms with Crippen molar-refractivity contribution in [1.82, 2.24) is 25.3 Å². The summed E-state index contributed by atoms with van der Waals surface area (Å²) in [6, 6.07) is 2.28. The molecule has 2 aromatic rings. The fourth-order valence-electron chi connectivity index (χ4n) is 6.85. The van der Waals surface area contributed by atoms with Crippen LogP contribution in [0.1, 0.15) is 97.4 Å². The van der Waals surface area contributed by atoms with E-state index in [9.17, 15) is 9.59 Å². The number of carbonyl (C=O) groups excluding carboxylic acids is 2. The molecule has 0 bridgehead atoms. The second-order valence-electron chi connectivity index (χ2n) is 14.6. The number of aryl methyl sites for hydroxylation is 1. The van der Waals surface area contributed by atoms with Gasteiger partial charge in [-0.2, -0.15) is 4.98 Å². The number of hydrogen-bond donors (Lipinski definition) is 1. The van der Waals surface area contributed by atoms with Crippen molar-refractivity contribution in [3.05, 3.63) is 23.7 Å². The molecule has 0 aromatic carbocycles. The van der Waals surface area contributed by atoms with Gasteiger partial charge in [0.25, 0.3) is 0 Å². The molecule has 3 fully saturated rings. The van der Waals surface area contributed by atoms with Crippen LogP contribution in [0.15, 0.2) is 16.8 Å². The standard InChI is InChI=1S/C34H53N7O5/c1-22(2)30-37-32(46-38-30)39-15-11-25(12-16-39)23(3)13-17-44-26-18-24(4)31(35-19-26)40-20-27(36-33(43)45-34(5,6)7)28(21-40)41-14-9-8-10-29(41)42/h18-19,22-23,25,27-28H,8-17,20-21H2,1-7H3,(H,36,43)/t23-,27+,28+/m1/s1. The van der Waals surface area contributed by atoms with Gasteiger partial charge in [0, 0.05) is 45.1 Å². The van der Waals surface area contributed by atoms with Gasteiger partial charge in [0.1, 0.15) is 17.2 Å². The number of rotatable bonds is 10. The number of aromatic nitrogens is 3. The van der Waals surface area contributed by atoms with Crippen LogP contribution in [-0.2, 0) is 9.53 Å². The Bertz CT molecular complexity index is 1330. The molecule has 0 spiro atoms. The third-order valence-electron chi connectivity index (χ3n) is 9.48. The van der Waals surface area contributed by atoms with E-state index in [1.165, 1.54) is 0 Å². The molecule has 3 aliphatic heterocycles. The smallest absolute Gasteiger partial charge is 0.408 e. The number of anilines is 2. The zero-order valence-corrected chi connectivity index (χ0v) is 28.8. The molecular weight excluding hydrogens is 586 g/mol. The first kappa shape index (κ1) is 33.8. The SMILES string of the molecule is Cc1cc(OCC[C@@H](C)C2CCN(c3nc(C(C)C)no3)CC2)cnc1N1C[C@H](NC(=O)OC(C)(C)C)[C@@H](N2CCCCC2=O)C1. The largest absolute Gasteiger partial charge is 0.492 e. The van der Waals surface area contributed by atoms with E-state index in [0.717, 1.165) is 68.1 Å². The molecule has 12 nitrogen and oxygen atoms in total. The lowest BCUT2D eigenvalue weighted by Gasteiger charge is -2.35. The average molecular weight is 640 g/mol. The first-order valence-corrected chi connectivity index (χ1v) is 17.1. The third-order valence-corrected chi connectivity index (χ3v) is 9.48. The minimum atomic E-state index is -0.601. The van der Waals surface area contributed by atoms with Crippen molar-refractivity contribution < 1.29 is 23.6 Å². The van der Waals surface area contributed by atoms with Gasteiger partial charge in [0.2, 0.25) is 5.91 Å². The van der Waals surface area contributed by atoms with Crippen LogP contribution in [0, 0.1) is 18.8 Å². The summed E-state index contributed by atoms with van der Waals surface area (Å²) in [6.07, 6.45) is 6.93. The highest BCUT2D eigenvalue weighted by Crippen LogP contribution is 2.31. The molecule has 12 heteroatoms. The average Bonchev–Trinajstić information content (AvgIpc) is 3.65. The molecule has 3 saturated heterocycles. The summed E-state index contributed by atoms with van der Waals surface area (Å²) >= 11 is 0. The minimum Gasteiger partial charge on any atom is -0.492 e. The topological polar surface area (TPSA) is 126 Å². The van der Waals surface area contributed by atoms with Crippen LogP contribution in [0.5, 0.6) is 5.75 Å². The summed E-state index contributed by atoms with van der Waals surface area (Å²) in [4.78, 5) is 41.3. The molecule has 0 unspecified atom stereocenters. The van der Waals surface area contributed by atoms with Crippen molar-refractivity contribution in [2.45, 2.75) is 111 Å². The van der Waals surface area contributed by atoms with Crippen LogP contribution < -0.4 is 19.9 Å². The van der Waals surface area contributed by atoms with Gasteiger partial charge in [0.05, 0.1) is 24.9 Å². The lowest BCUT2D eigenvalue weighted by molar-refractivity contribution is -0.135. The fourth-order valence-corrected chi connectivity index (χ4v) is 6.85. The molecule has 2 aromatic heterocycles. The van der Waals surface area contributed by atoms with E-state index in [1.54, 1.807) is 6.20 Å². The summed E-state index contributed by atoms with van der Waals surface area (Å²) < 4.78 is 17.2. The lowest BCUT2D eigenvalue weighted by atomic mass is 9.84. The number of likely N-dealkylation sites (tertiary alicyclic amines) is 1. The van der Waals surface area contributed by atoms with Crippen molar-refractivity contribution in [2.24, 2.45) is 11.8 Å². The summed E-state index contributed by atoms with van der Waals surface area (Å²) in [5.41, 5.74) is 0.400. The van der Waals surface area contributed by atoms with Gasteiger partial charge in [-0.25, -0.2) is 9.78 Å². The predicted molar refractivity (Wildman–Crippen MR) is 176 cm³/mol. The van der Waals surface area contributed by atoms with E-state index < -0.39 is 11.7 Å². The number of piperidine rings is 2. The van der Waals surface area contributed by atoms with Gasteiger partial charge in [-0.15, -0.1) is 0 Å². The van der Waals surface area contributed by atoms with Gasteiger partial charge < -0.3 is 34.0 Å². The van der Waals surface area contributed by atoms with E-state index >= 15 is 0 Å². The van der Waals surface area contributed by atoms with Gasteiger partial charge in [-0.3, -0.25) is 4.79 Å². The number of nitrogens with zero attached hydrogens (tertiary/aromatic N) is 6. The Morgan fingerprint density at radius 1 is 1.11 bits per heavy atom. The molecule has 46 heavy (non-hydrogen) atoms. The molecule has 5 heterocycles. The van der Waals surface area contributed by atoms with Crippen LogP contribution >= 0.6 is 0 Å². The van der Waals surface area contributed by atoms with Gasteiger partial charge >= 0.3 is 12.1 Å². The van der Waals surface area contributed by atoms with E-state index in [-0.39, 0.29) is 23.9 Å². The highest BCUT2D eigenvalue weighted by atomic mass is 16.6. The second-order valence-corrected chi connectivity index (χ2v) is 14.6. The quantitative estimate of drug-likeness (QED) is 0.365.